The molecule has 0 fully saturated rings. The Balaban J connectivity index is 2.19. The van der Waals surface area contributed by atoms with Crippen LogP contribution in [0, 0.1) is 13.8 Å². The van der Waals surface area contributed by atoms with Crippen molar-refractivity contribution in [1.29, 1.82) is 0 Å². The molecule has 0 atom stereocenters. The van der Waals surface area contributed by atoms with Crippen LogP contribution in [0.25, 0.3) is 0 Å². The Bertz CT molecular complexity index is 1080. The summed E-state index contributed by atoms with van der Waals surface area (Å²) in [6.45, 7) is 3.49. The first-order valence-electron chi connectivity index (χ1n) is 8.02. The van der Waals surface area contributed by atoms with Crippen molar-refractivity contribution in [3.05, 3.63) is 59.7 Å². The number of hydrazone groups is 1. The van der Waals surface area contributed by atoms with Crippen molar-refractivity contribution < 1.29 is 26.4 Å². The minimum atomic E-state index is -4.33. The van der Waals surface area contributed by atoms with Crippen molar-refractivity contribution in [2.24, 2.45) is 10.9 Å². The number of hydrogen-bond donors (Lipinski definition) is 3. The molecule has 154 valence electrons. The van der Waals surface area contributed by atoms with E-state index in [1.54, 1.807) is 23.3 Å². The molecule has 0 bridgehead atoms. The van der Waals surface area contributed by atoms with Gasteiger partial charge in [0.2, 0.25) is 5.71 Å². The van der Waals surface area contributed by atoms with Gasteiger partial charge in [0.05, 0.1) is 9.79 Å². The zero-order valence-electron chi connectivity index (χ0n) is 15.4. The van der Waals surface area contributed by atoms with E-state index in [0.29, 0.717) is 0 Å². The van der Waals surface area contributed by atoms with E-state index in [2.05, 4.69) is 5.10 Å². The van der Waals surface area contributed by atoms with Crippen LogP contribution in [-0.4, -0.2) is 34.4 Å². The smallest absolute Gasteiger partial charge is 0.291 e. The molecular weight excluding hydrogens is 420 g/mol. The number of carbonyl (C=O) groups is 2. The van der Waals surface area contributed by atoms with E-state index in [4.69, 9.17) is 5.84 Å². The normalized spacial score (nSPS) is 11.4. The highest BCUT2D eigenvalue weighted by molar-refractivity contribution is 7.90. The first-order chi connectivity index (χ1) is 13.5. The SMILES string of the molecule is Cc1ccc(S(=O)(=O)NC(=O)C(=NN)C(=O)NS(=O)(=O)c2ccc(C)cc2)cc1. The Morgan fingerprint density at radius 1 is 0.724 bits per heavy atom. The molecule has 0 aromatic heterocycles. The van der Waals surface area contributed by atoms with E-state index >= 15 is 0 Å². The highest BCUT2D eigenvalue weighted by atomic mass is 32.2. The summed E-state index contributed by atoms with van der Waals surface area (Å²) in [5, 5.41) is 2.94. The molecule has 2 rings (SSSR count). The maximum absolute atomic E-state index is 12.3. The van der Waals surface area contributed by atoms with Gasteiger partial charge in [0, 0.05) is 0 Å². The Labute approximate surface area is 167 Å². The van der Waals surface area contributed by atoms with Gasteiger partial charge in [-0.05, 0) is 38.1 Å². The van der Waals surface area contributed by atoms with Crippen LogP contribution in [0.1, 0.15) is 11.1 Å². The molecule has 10 nitrogen and oxygen atoms in total. The number of benzene rings is 2. The quantitative estimate of drug-likeness (QED) is 0.246. The zero-order valence-corrected chi connectivity index (χ0v) is 17.0. The second kappa shape index (κ2) is 8.41. The van der Waals surface area contributed by atoms with Gasteiger partial charge in [0.1, 0.15) is 0 Å². The number of aryl methyl sites for hydroxylation is 2. The topological polar surface area (TPSA) is 165 Å². The van der Waals surface area contributed by atoms with Gasteiger partial charge in [-0.2, -0.15) is 5.10 Å². The van der Waals surface area contributed by atoms with E-state index in [1.165, 1.54) is 48.5 Å². The average Bonchev–Trinajstić information content (AvgIpc) is 2.62. The number of sulfonamides is 2. The Hall–Kier alpha value is -3.25. The maximum atomic E-state index is 12.3. The Morgan fingerprint density at radius 3 is 1.31 bits per heavy atom. The van der Waals surface area contributed by atoms with Crippen LogP contribution in [0.15, 0.2) is 63.4 Å². The molecule has 0 radical (unpaired) electrons. The summed E-state index contributed by atoms with van der Waals surface area (Å²) in [4.78, 5) is 23.9. The van der Waals surface area contributed by atoms with Crippen LogP contribution in [-0.2, 0) is 29.6 Å². The fourth-order valence-electron chi connectivity index (χ4n) is 2.11. The predicted molar refractivity (Wildman–Crippen MR) is 105 cm³/mol. The van der Waals surface area contributed by atoms with Crippen LogP contribution < -0.4 is 15.3 Å². The van der Waals surface area contributed by atoms with Gasteiger partial charge in [-0.3, -0.25) is 9.59 Å². The van der Waals surface area contributed by atoms with E-state index in [9.17, 15) is 26.4 Å². The summed E-state index contributed by atoms with van der Waals surface area (Å²) in [5.74, 6) is 2.04. The molecule has 2 aromatic carbocycles. The molecule has 0 spiro atoms. The number of hydrogen-bond acceptors (Lipinski definition) is 8. The van der Waals surface area contributed by atoms with Gasteiger partial charge >= 0.3 is 0 Å². The lowest BCUT2D eigenvalue weighted by Crippen LogP contribution is -2.46. The lowest BCUT2D eigenvalue weighted by atomic mass is 10.2. The lowest BCUT2D eigenvalue weighted by Gasteiger charge is -2.10. The number of nitrogens with one attached hydrogen (secondary N) is 2. The van der Waals surface area contributed by atoms with E-state index in [0.717, 1.165) is 11.1 Å². The first-order valence-corrected chi connectivity index (χ1v) is 11.0. The molecule has 2 amide bonds. The van der Waals surface area contributed by atoms with Gasteiger partial charge < -0.3 is 5.84 Å². The molecule has 0 aliphatic rings. The highest BCUT2D eigenvalue weighted by Gasteiger charge is 2.29. The molecule has 0 saturated heterocycles. The standard InChI is InChI=1S/C17H18N4O6S2/c1-11-3-7-13(8-4-11)28(24,25)20-16(22)15(19-18)17(23)21-29(26,27)14-9-5-12(2)6-10-14/h3-10H,18H2,1-2H3,(H,20,22)(H,21,23). The summed E-state index contributed by atoms with van der Waals surface area (Å²) in [6, 6.07) is 11.1. The van der Waals surface area contributed by atoms with Crippen molar-refractivity contribution in [3.63, 3.8) is 0 Å². The van der Waals surface area contributed by atoms with E-state index < -0.39 is 37.6 Å². The van der Waals surface area contributed by atoms with Gasteiger partial charge in [-0.1, -0.05) is 35.4 Å². The van der Waals surface area contributed by atoms with Crippen LogP contribution in [0.3, 0.4) is 0 Å². The van der Waals surface area contributed by atoms with Crippen molar-refractivity contribution in [2.75, 3.05) is 0 Å². The fourth-order valence-corrected chi connectivity index (χ4v) is 4.02. The number of nitrogens with two attached hydrogens (primary N) is 1. The first kappa shape index (κ1) is 22.0. The Kier molecular flexibility index (Phi) is 6.39. The maximum Gasteiger partial charge on any atom is 0.291 e. The largest absolute Gasteiger partial charge is 0.322 e. The van der Waals surface area contributed by atoms with Crippen molar-refractivity contribution >= 4 is 37.6 Å². The number of amides is 2. The van der Waals surface area contributed by atoms with Crippen LogP contribution >= 0.6 is 0 Å². The average molecular weight is 438 g/mol. The van der Waals surface area contributed by atoms with Crippen LogP contribution in [0.5, 0.6) is 0 Å². The summed E-state index contributed by atoms with van der Waals surface area (Å²) in [5.41, 5.74) is 0.455. The number of rotatable bonds is 6. The second-order valence-corrected chi connectivity index (χ2v) is 9.34. The van der Waals surface area contributed by atoms with Crippen molar-refractivity contribution in [2.45, 2.75) is 23.6 Å². The molecular formula is C17H18N4O6S2. The van der Waals surface area contributed by atoms with Gasteiger partial charge in [-0.15, -0.1) is 0 Å². The molecule has 0 saturated carbocycles. The Morgan fingerprint density at radius 2 is 1.03 bits per heavy atom. The zero-order chi connectivity index (χ0) is 21.8. The predicted octanol–water partition coefficient (Wildman–Crippen LogP) is -0.0719. The van der Waals surface area contributed by atoms with Gasteiger partial charge in [-0.25, -0.2) is 26.3 Å². The van der Waals surface area contributed by atoms with Gasteiger partial charge in [0.15, 0.2) is 0 Å². The molecule has 0 aliphatic heterocycles. The molecule has 0 heterocycles. The van der Waals surface area contributed by atoms with Crippen molar-refractivity contribution in [1.82, 2.24) is 9.44 Å². The highest BCUT2D eigenvalue weighted by Crippen LogP contribution is 2.11. The molecule has 29 heavy (non-hydrogen) atoms. The molecule has 0 unspecified atom stereocenters. The molecule has 2 aromatic rings. The summed E-state index contributed by atoms with van der Waals surface area (Å²) in [7, 11) is -8.66. The lowest BCUT2D eigenvalue weighted by molar-refractivity contribution is -0.117. The molecule has 4 N–H and O–H groups in total. The second-order valence-electron chi connectivity index (χ2n) is 5.97. The van der Waals surface area contributed by atoms with Crippen molar-refractivity contribution in [3.8, 4) is 0 Å². The number of nitrogens with zero attached hydrogens (tertiary/aromatic N) is 1. The van der Waals surface area contributed by atoms with E-state index in [1.807, 2.05) is 0 Å². The van der Waals surface area contributed by atoms with Crippen LogP contribution in [0.2, 0.25) is 0 Å². The fraction of sp³-hybridized carbons (Fsp3) is 0.118. The monoisotopic (exact) mass is 438 g/mol. The summed E-state index contributed by atoms with van der Waals surface area (Å²) in [6.07, 6.45) is 0. The molecule has 12 heteroatoms. The third-order valence-electron chi connectivity index (χ3n) is 3.68. The minimum Gasteiger partial charge on any atom is -0.322 e. The van der Waals surface area contributed by atoms with Gasteiger partial charge in [0.25, 0.3) is 31.9 Å². The summed E-state index contributed by atoms with van der Waals surface area (Å²) >= 11 is 0. The molecule has 0 aliphatic carbocycles. The minimum absolute atomic E-state index is 0.236. The van der Waals surface area contributed by atoms with E-state index in [-0.39, 0.29) is 9.79 Å². The third kappa shape index (κ3) is 5.39. The van der Waals surface area contributed by atoms with Crippen LogP contribution in [0.4, 0.5) is 0 Å². The third-order valence-corrected chi connectivity index (χ3v) is 6.37. The number of carbonyl (C=O) groups excluding carboxylic acids is 2. The summed E-state index contributed by atoms with van der Waals surface area (Å²) < 4.78 is 52.3.